The van der Waals surface area contributed by atoms with Crippen LogP contribution < -0.4 is 15.4 Å². The minimum atomic E-state index is -0.197. The van der Waals surface area contributed by atoms with E-state index in [1.165, 1.54) is 0 Å². The van der Waals surface area contributed by atoms with Gasteiger partial charge in [0.2, 0.25) is 0 Å². The van der Waals surface area contributed by atoms with E-state index < -0.39 is 0 Å². The van der Waals surface area contributed by atoms with Gasteiger partial charge in [0, 0.05) is 46.3 Å². The van der Waals surface area contributed by atoms with Crippen LogP contribution in [0.4, 0.5) is 0 Å². The van der Waals surface area contributed by atoms with Gasteiger partial charge in [-0.05, 0) is 25.5 Å². The molecule has 0 unspecified atom stereocenters. The molecule has 6 nitrogen and oxygen atoms in total. The summed E-state index contributed by atoms with van der Waals surface area (Å²) in [5, 5.41) is 6.64. The zero-order valence-electron chi connectivity index (χ0n) is 15.8. The second-order valence-corrected chi connectivity index (χ2v) is 6.14. The van der Waals surface area contributed by atoms with E-state index in [-0.39, 0.29) is 29.6 Å². The van der Waals surface area contributed by atoms with E-state index in [1.54, 1.807) is 7.11 Å². The lowest BCUT2D eigenvalue weighted by atomic mass is 9.94. The molecule has 1 fully saturated rings. The van der Waals surface area contributed by atoms with Gasteiger partial charge in [-0.1, -0.05) is 18.2 Å². The van der Waals surface area contributed by atoms with Gasteiger partial charge in [0.1, 0.15) is 5.75 Å². The topological polar surface area (TPSA) is 64.1 Å². The van der Waals surface area contributed by atoms with Gasteiger partial charge >= 0.3 is 0 Å². The fourth-order valence-electron chi connectivity index (χ4n) is 2.72. The van der Waals surface area contributed by atoms with Crippen LogP contribution in [-0.4, -0.2) is 58.1 Å². The Kier molecular flexibility index (Phi) is 11.6. The molecule has 0 spiro atoms. The average molecular weight is 477 g/mol. The Bertz CT molecular complexity index is 508. The zero-order chi connectivity index (χ0) is 17.8. The number of guanidine groups is 1. The van der Waals surface area contributed by atoms with E-state index >= 15 is 0 Å². The molecule has 1 aromatic rings. The molecule has 148 valence electrons. The summed E-state index contributed by atoms with van der Waals surface area (Å²) in [6.07, 6.45) is 2.68. The molecule has 1 saturated heterocycles. The van der Waals surface area contributed by atoms with Crippen molar-refractivity contribution in [3.8, 4) is 5.75 Å². The molecule has 0 amide bonds. The van der Waals surface area contributed by atoms with Crippen LogP contribution in [0.1, 0.15) is 26.2 Å². The Labute approximate surface area is 174 Å². The van der Waals surface area contributed by atoms with Crippen molar-refractivity contribution in [1.82, 2.24) is 10.6 Å². The summed E-state index contributed by atoms with van der Waals surface area (Å²) in [5.41, 5.74) is -0.197. The minimum Gasteiger partial charge on any atom is -0.494 e. The molecule has 1 aliphatic heterocycles. The number of para-hydroxylation sites is 1. The molecule has 0 atom stereocenters. The van der Waals surface area contributed by atoms with Crippen molar-refractivity contribution in [2.45, 2.75) is 31.8 Å². The lowest BCUT2D eigenvalue weighted by Crippen LogP contribution is -2.44. The Hall–Kier alpha value is -1.06. The van der Waals surface area contributed by atoms with Crippen LogP contribution in [-0.2, 0) is 9.47 Å². The number of ether oxygens (including phenoxy) is 3. The molecule has 2 rings (SSSR count). The van der Waals surface area contributed by atoms with Crippen molar-refractivity contribution >= 4 is 29.9 Å². The predicted molar refractivity (Wildman–Crippen MR) is 116 cm³/mol. The number of benzene rings is 1. The highest BCUT2D eigenvalue weighted by Crippen LogP contribution is 2.24. The first-order valence-corrected chi connectivity index (χ1v) is 9.11. The number of hydrogen-bond donors (Lipinski definition) is 2. The second kappa shape index (κ2) is 13.2. The molecule has 0 aliphatic carbocycles. The van der Waals surface area contributed by atoms with E-state index in [4.69, 9.17) is 19.2 Å². The van der Waals surface area contributed by atoms with E-state index in [2.05, 4.69) is 17.6 Å². The van der Waals surface area contributed by atoms with Crippen molar-refractivity contribution in [2.24, 2.45) is 4.99 Å². The fourth-order valence-corrected chi connectivity index (χ4v) is 2.72. The summed E-state index contributed by atoms with van der Waals surface area (Å²) in [6, 6.07) is 9.88. The summed E-state index contributed by atoms with van der Waals surface area (Å²) in [5.74, 6) is 1.73. The number of rotatable bonds is 9. The Balaban J connectivity index is 0.00000338. The van der Waals surface area contributed by atoms with E-state index in [0.29, 0.717) is 13.2 Å². The van der Waals surface area contributed by atoms with Crippen molar-refractivity contribution in [2.75, 3.05) is 46.6 Å². The first-order valence-electron chi connectivity index (χ1n) is 9.11. The second-order valence-electron chi connectivity index (χ2n) is 6.14. The van der Waals surface area contributed by atoms with Crippen LogP contribution in [0, 0.1) is 0 Å². The highest BCUT2D eigenvalue weighted by atomic mass is 127. The Morgan fingerprint density at radius 1 is 1.19 bits per heavy atom. The Morgan fingerprint density at radius 3 is 2.58 bits per heavy atom. The van der Waals surface area contributed by atoms with Gasteiger partial charge < -0.3 is 24.8 Å². The third-order valence-corrected chi connectivity index (χ3v) is 4.33. The summed E-state index contributed by atoms with van der Waals surface area (Å²) in [4.78, 5) is 4.71. The molecular formula is C19H32IN3O3. The van der Waals surface area contributed by atoms with Crippen LogP contribution >= 0.6 is 24.0 Å². The van der Waals surface area contributed by atoms with Crippen molar-refractivity contribution < 1.29 is 14.2 Å². The lowest BCUT2D eigenvalue weighted by Gasteiger charge is -2.34. The number of nitrogens with zero attached hydrogens (tertiary/aromatic N) is 1. The Morgan fingerprint density at radius 2 is 1.92 bits per heavy atom. The normalized spacial score (nSPS) is 16.5. The molecule has 0 bridgehead atoms. The number of methoxy groups -OCH3 is 1. The maximum Gasteiger partial charge on any atom is 0.191 e. The van der Waals surface area contributed by atoms with Crippen LogP contribution in [0.2, 0.25) is 0 Å². The molecule has 2 N–H and O–H groups in total. The number of hydrogen-bond acceptors (Lipinski definition) is 4. The van der Waals surface area contributed by atoms with Gasteiger partial charge in [-0.15, -0.1) is 24.0 Å². The molecule has 0 radical (unpaired) electrons. The molecule has 1 aliphatic rings. The van der Waals surface area contributed by atoms with Gasteiger partial charge in [-0.2, -0.15) is 0 Å². The van der Waals surface area contributed by atoms with Crippen molar-refractivity contribution in [3.05, 3.63) is 30.3 Å². The maximum atomic E-state index is 5.74. The van der Waals surface area contributed by atoms with Crippen molar-refractivity contribution in [3.63, 3.8) is 0 Å². The van der Waals surface area contributed by atoms with Gasteiger partial charge in [-0.25, -0.2) is 0 Å². The van der Waals surface area contributed by atoms with E-state index in [1.807, 2.05) is 30.3 Å². The summed E-state index contributed by atoms with van der Waals surface area (Å²) < 4.78 is 16.9. The molecule has 1 heterocycles. The smallest absolute Gasteiger partial charge is 0.191 e. The zero-order valence-corrected chi connectivity index (χ0v) is 18.2. The quantitative estimate of drug-likeness (QED) is 0.248. The monoisotopic (exact) mass is 477 g/mol. The third kappa shape index (κ3) is 8.09. The highest BCUT2D eigenvalue weighted by molar-refractivity contribution is 14.0. The molecule has 7 heteroatoms. The molecule has 26 heavy (non-hydrogen) atoms. The van der Waals surface area contributed by atoms with Crippen LogP contribution in [0.5, 0.6) is 5.75 Å². The van der Waals surface area contributed by atoms with E-state index in [9.17, 15) is 0 Å². The van der Waals surface area contributed by atoms with Crippen LogP contribution in [0.3, 0.4) is 0 Å². The maximum absolute atomic E-state index is 5.74. The minimum absolute atomic E-state index is 0. The summed E-state index contributed by atoms with van der Waals surface area (Å²) in [7, 11) is 1.77. The molecular weight excluding hydrogens is 445 g/mol. The van der Waals surface area contributed by atoms with Gasteiger partial charge in [0.15, 0.2) is 5.96 Å². The standard InChI is InChI=1S/C19H31N3O3.HI/c1-3-20-18(22-16-19(23-2)10-14-24-15-11-19)21-12-7-13-25-17-8-5-4-6-9-17;/h4-6,8-9H,3,7,10-16H2,1-2H3,(H2,20,21,22);1H. The van der Waals surface area contributed by atoms with Gasteiger partial charge in [0.05, 0.1) is 18.8 Å². The van der Waals surface area contributed by atoms with Gasteiger partial charge in [0.25, 0.3) is 0 Å². The number of nitrogens with one attached hydrogen (secondary N) is 2. The number of halogens is 1. The SMILES string of the molecule is CCNC(=NCC1(OC)CCOCC1)NCCCOc1ccccc1.I. The number of aliphatic imine (C=N–C) groups is 1. The van der Waals surface area contributed by atoms with Crippen LogP contribution in [0.25, 0.3) is 0 Å². The van der Waals surface area contributed by atoms with Crippen LogP contribution in [0.15, 0.2) is 35.3 Å². The van der Waals surface area contributed by atoms with E-state index in [0.717, 1.165) is 57.3 Å². The molecule has 1 aromatic carbocycles. The first-order chi connectivity index (χ1) is 12.3. The summed E-state index contributed by atoms with van der Waals surface area (Å²) >= 11 is 0. The average Bonchev–Trinajstić information content (AvgIpc) is 2.67. The third-order valence-electron chi connectivity index (χ3n) is 4.33. The predicted octanol–water partition coefficient (Wildman–Crippen LogP) is 2.82. The molecule has 0 saturated carbocycles. The summed E-state index contributed by atoms with van der Waals surface area (Å²) in [6.45, 7) is 6.50. The van der Waals surface area contributed by atoms with Gasteiger partial charge in [-0.3, -0.25) is 4.99 Å². The largest absolute Gasteiger partial charge is 0.494 e. The van der Waals surface area contributed by atoms with Crippen molar-refractivity contribution in [1.29, 1.82) is 0 Å². The first kappa shape index (κ1) is 23.0. The fraction of sp³-hybridized carbons (Fsp3) is 0.632. The lowest BCUT2D eigenvalue weighted by molar-refractivity contribution is -0.0828. The highest BCUT2D eigenvalue weighted by Gasteiger charge is 2.32. The molecule has 0 aromatic heterocycles.